The second-order valence-corrected chi connectivity index (χ2v) is 2.25. The van der Waals surface area contributed by atoms with Crippen LogP contribution < -0.4 is 0 Å². The van der Waals surface area contributed by atoms with E-state index < -0.39 is 0 Å². The maximum Gasteiger partial charge on any atom is 0.0423 e. The molecule has 0 aliphatic carbocycles. The highest BCUT2D eigenvalue weighted by molar-refractivity contribution is 5.70. The van der Waals surface area contributed by atoms with E-state index in [9.17, 15) is 0 Å². The summed E-state index contributed by atoms with van der Waals surface area (Å²) in [4.78, 5) is 4.17. The molecule has 0 fully saturated rings. The fourth-order valence-electron chi connectivity index (χ4n) is 0.655. The van der Waals surface area contributed by atoms with E-state index in [0.717, 1.165) is 19.4 Å². The van der Waals surface area contributed by atoms with Gasteiger partial charge in [-0.25, -0.2) is 0 Å². The summed E-state index contributed by atoms with van der Waals surface area (Å²) in [6, 6.07) is 0. The molecule has 0 saturated carbocycles. The van der Waals surface area contributed by atoms with Crippen molar-refractivity contribution >= 4 is 6.21 Å². The van der Waals surface area contributed by atoms with Crippen LogP contribution in [0.4, 0.5) is 0 Å². The van der Waals surface area contributed by atoms with Gasteiger partial charge in [0.2, 0.25) is 0 Å². The highest BCUT2D eigenvalue weighted by Crippen LogP contribution is 1.86. The van der Waals surface area contributed by atoms with Crippen molar-refractivity contribution in [1.29, 1.82) is 0 Å². The molecule has 0 rings (SSSR count). The molecule has 0 aliphatic rings. The molecule has 62 valence electrons. The minimum absolute atomic E-state index is 0.904. The molecule has 0 aliphatic heterocycles. The van der Waals surface area contributed by atoms with Gasteiger partial charge < -0.3 is 0 Å². The summed E-state index contributed by atoms with van der Waals surface area (Å²) in [5.74, 6) is 0. The van der Waals surface area contributed by atoms with Gasteiger partial charge in [-0.3, -0.25) is 4.99 Å². The molecule has 0 spiro atoms. The second kappa shape index (κ2) is 9.15. The number of rotatable bonds is 5. The van der Waals surface area contributed by atoms with Crippen molar-refractivity contribution in [1.82, 2.24) is 0 Å². The third-order valence-corrected chi connectivity index (χ3v) is 1.21. The Balaban J connectivity index is 3.20. The third-order valence-electron chi connectivity index (χ3n) is 1.21. The van der Waals surface area contributed by atoms with Gasteiger partial charge in [-0.15, -0.1) is 0 Å². The molecular formula is C10H17N. The van der Waals surface area contributed by atoms with Gasteiger partial charge in [0.15, 0.2) is 0 Å². The van der Waals surface area contributed by atoms with Crippen molar-refractivity contribution in [3.8, 4) is 0 Å². The summed E-state index contributed by atoms with van der Waals surface area (Å²) < 4.78 is 0. The summed E-state index contributed by atoms with van der Waals surface area (Å²) >= 11 is 0. The van der Waals surface area contributed by atoms with Crippen molar-refractivity contribution in [2.75, 3.05) is 6.54 Å². The van der Waals surface area contributed by atoms with Crippen LogP contribution in [0.5, 0.6) is 0 Å². The first-order valence-corrected chi connectivity index (χ1v) is 4.18. The van der Waals surface area contributed by atoms with Gasteiger partial charge in [0.05, 0.1) is 0 Å². The van der Waals surface area contributed by atoms with Gasteiger partial charge in [-0.2, -0.15) is 0 Å². The zero-order chi connectivity index (χ0) is 8.36. The van der Waals surface area contributed by atoms with E-state index >= 15 is 0 Å². The fraction of sp³-hybridized carbons (Fsp3) is 0.500. The maximum atomic E-state index is 4.17. The van der Waals surface area contributed by atoms with Crippen LogP contribution in [0.15, 0.2) is 29.3 Å². The predicted octanol–water partition coefficient (Wildman–Crippen LogP) is 2.99. The molecule has 0 saturated heterocycles. The molecule has 0 radical (unpaired) electrons. The molecule has 1 nitrogen and oxygen atoms in total. The summed E-state index contributed by atoms with van der Waals surface area (Å²) in [6.45, 7) is 5.03. The van der Waals surface area contributed by atoms with Gasteiger partial charge in [0.1, 0.15) is 0 Å². The Bertz CT molecular complexity index is 143. The normalized spacial score (nSPS) is 12.5. The van der Waals surface area contributed by atoms with Gasteiger partial charge in [0.25, 0.3) is 0 Å². The molecule has 0 unspecified atom stereocenters. The Hall–Kier alpha value is -0.850. The van der Waals surface area contributed by atoms with Crippen LogP contribution in [-0.4, -0.2) is 12.8 Å². The number of hydrogen-bond donors (Lipinski definition) is 0. The van der Waals surface area contributed by atoms with E-state index in [4.69, 9.17) is 0 Å². The van der Waals surface area contributed by atoms with Crippen LogP contribution in [0, 0.1) is 0 Å². The lowest BCUT2D eigenvalue weighted by Crippen LogP contribution is -1.76. The summed E-state index contributed by atoms with van der Waals surface area (Å²) in [7, 11) is 0. The topological polar surface area (TPSA) is 12.4 Å². The standard InChI is InChI=1S/C10H17N/c1-3-5-7-8-10-11-9-6-4-2/h4-7,9H,3,8,10H2,1-2H3. The third kappa shape index (κ3) is 9.15. The summed E-state index contributed by atoms with van der Waals surface area (Å²) in [6.07, 6.45) is 12.3. The van der Waals surface area contributed by atoms with Crippen molar-refractivity contribution in [3.63, 3.8) is 0 Å². The van der Waals surface area contributed by atoms with E-state index in [0.29, 0.717) is 0 Å². The Kier molecular flexibility index (Phi) is 8.44. The van der Waals surface area contributed by atoms with Gasteiger partial charge in [0, 0.05) is 12.8 Å². The van der Waals surface area contributed by atoms with Crippen LogP contribution in [-0.2, 0) is 0 Å². The molecular weight excluding hydrogens is 134 g/mol. The molecule has 0 atom stereocenters. The second-order valence-electron chi connectivity index (χ2n) is 2.25. The van der Waals surface area contributed by atoms with Crippen LogP contribution in [0.3, 0.4) is 0 Å². The lowest BCUT2D eigenvalue weighted by Gasteiger charge is -1.84. The summed E-state index contributed by atoms with van der Waals surface area (Å²) in [5.41, 5.74) is 0. The Morgan fingerprint density at radius 3 is 2.73 bits per heavy atom. The zero-order valence-electron chi connectivity index (χ0n) is 7.46. The lowest BCUT2D eigenvalue weighted by atomic mass is 10.3. The highest BCUT2D eigenvalue weighted by atomic mass is 14.7. The lowest BCUT2D eigenvalue weighted by molar-refractivity contribution is 1.00. The molecule has 1 heteroatoms. The first-order chi connectivity index (χ1) is 5.41. The average molecular weight is 151 g/mol. The van der Waals surface area contributed by atoms with Crippen LogP contribution >= 0.6 is 0 Å². The van der Waals surface area contributed by atoms with E-state index in [-0.39, 0.29) is 0 Å². The average Bonchev–Trinajstić information content (AvgIpc) is 2.03. The zero-order valence-corrected chi connectivity index (χ0v) is 7.46. The Morgan fingerprint density at radius 1 is 1.27 bits per heavy atom. The predicted molar refractivity (Wildman–Crippen MR) is 52.2 cm³/mol. The van der Waals surface area contributed by atoms with Gasteiger partial charge in [-0.05, 0) is 25.8 Å². The van der Waals surface area contributed by atoms with E-state index in [2.05, 4.69) is 24.1 Å². The largest absolute Gasteiger partial charge is 0.293 e. The number of nitrogens with zero attached hydrogens (tertiary/aromatic N) is 1. The SMILES string of the molecule is CC=CC=NCCC=CCC. The molecule has 0 aromatic carbocycles. The highest BCUT2D eigenvalue weighted by Gasteiger charge is 1.73. The van der Waals surface area contributed by atoms with Crippen molar-refractivity contribution in [2.24, 2.45) is 4.99 Å². The fourth-order valence-corrected chi connectivity index (χ4v) is 0.655. The number of allylic oxidation sites excluding steroid dienone is 3. The summed E-state index contributed by atoms with van der Waals surface area (Å²) in [5, 5.41) is 0. The number of aliphatic imine (C=N–C) groups is 1. The molecule has 0 aromatic heterocycles. The molecule has 0 heterocycles. The first kappa shape index (κ1) is 10.2. The number of hydrogen-bond acceptors (Lipinski definition) is 1. The van der Waals surface area contributed by atoms with Crippen LogP contribution in [0.25, 0.3) is 0 Å². The van der Waals surface area contributed by atoms with Crippen molar-refractivity contribution in [2.45, 2.75) is 26.7 Å². The van der Waals surface area contributed by atoms with Gasteiger partial charge in [-0.1, -0.05) is 25.2 Å². The Labute approximate surface area is 69.5 Å². The molecule has 0 aromatic rings. The first-order valence-electron chi connectivity index (χ1n) is 4.18. The quantitative estimate of drug-likeness (QED) is 0.325. The minimum atomic E-state index is 0.904. The van der Waals surface area contributed by atoms with E-state index in [1.807, 2.05) is 25.3 Å². The smallest absolute Gasteiger partial charge is 0.0423 e. The molecule has 0 bridgehead atoms. The monoisotopic (exact) mass is 151 g/mol. The molecule has 0 amide bonds. The van der Waals surface area contributed by atoms with E-state index in [1.165, 1.54) is 0 Å². The minimum Gasteiger partial charge on any atom is -0.293 e. The molecule has 0 N–H and O–H groups in total. The van der Waals surface area contributed by atoms with Crippen LogP contribution in [0.2, 0.25) is 0 Å². The molecule has 11 heavy (non-hydrogen) atoms. The van der Waals surface area contributed by atoms with E-state index in [1.54, 1.807) is 0 Å². The van der Waals surface area contributed by atoms with Gasteiger partial charge >= 0.3 is 0 Å². The van der Waals surface area contributed by atoms with Crippen molar-refractivity contribution in [3.05, 3.63) is 24.3 Å². The van der Waals surface area contributed by atoms with Crippen LogP contribution in [0.1, 0.15) is 26.7 Å². The Morgan fingerprint density at radius 2 is 2.09 bits per heavy atom. The maximum absolute atomic E-state index is 4.17. The van der Waals surface area contributed by atoms with Crippen molar-refractivity contribution < 1.29 is 0 Å².